The second kappa shape index (κ2) is 6.06. The van der Waals surface area contributed by atoms with Crippen molar-refractivity contribution in [2.75, 3.05) is 19.8 Å². The Bertz CT molecular complexity index is 760. The third-order valence-corrected chi connectivity index (χ3v) is 4.95. The van der Waals surface area contributed by atoms with E-state index in [1.54, 1.807) is 4.68 Å². The predicted molar refractivity (Wildman–Crippen MR) is 89.4 cm³/mol. The summed E-state index contributed by atoms with van der Waals surface area (Å²) in [5, 5.41) is 6.28. The van der Waals surface area contributed by atoms with Crippen LogP contribution in [0.5, 0.6) is 0 Å². The van der Waals surface area contributed by atoms with Crippen molar-refractivity contribution in [3.63, 3.8) is 0 Å². The van der Waals surface area contributed by atoms with Gasteiger partial charge in [0.15, 0.2) is 0 Å². The number of benzene rings is 1. The van der Waals surface area contributed by atoms with Crippen LogP contribution < -0.4 is 5.56 Å². The molecule has 122 valence electrons. The van der Waals surface area contributed by atoms with Gasteiger partial charge in [-0.1, -0.05) is 18.2 Å². The summed E-state index contributed by atoms with van der Waals surface area (Å²) in [5.74, 6) is 0.591. The Hall–Kier alpha value is -1.72. The standard InChI is InChI=1S/C18H23N3O2/c1-13-16-4-2-3-5-17(16)18(22)21(19-13)12-20(15-6-7-15)10-14-8-9-23-11-14/h2-5,14-15H,6-12H2,1H3/t14-/m0/s1. The van der Waals surface area contributed by atoms with Gasteiger partial charge in [-0.2, -0.15) is 5.10 Å². The smallest absolute Gasteiger partial charge is 0.275 e. The summed E-state index contributed by atoms with van der Waals surface area (Å²) < 4.78 is 7.14. The fourth-order valence-corrected chi connectivity index (χ4v) is 3.49. The largest absolute Gasteiger partial charge is 0.381 e. The minimum absolute atomic E-state index is 0.0134. The van der Waals surface area contributed by atoms with E-state index in [0.29, 0.717) is 18.6 Å². The minimum Gasteiger partial charge on any atom is -0.381 e. The Morgan fingerprint density at radius 1 is 1.26 bits per heavy atom. The zero-order valence-electron chi connectivity index (χ0n) is 13.6. The normalized spacial score (nSPS) is 21.4. The molecule has 1 aliphatic carbocycles. The van der Waals surface area contributed by atoms with E-state index in [-0.39, 0.29) is 5.56 Å². The van der Waals surface area contributed by atoms with Crippen molar-refractivity contribution in [2.24, 2.45) is 5.92 Å². The van der Waals surface area contributed by atoms with E-state index in [0.717, 1.165) is 42.6 Å². The first-order valence-corrected chi connectivity index (χ1v) is 8.50. The molecule has 2 heterocycles. The van der Waals surface area contributed by atoms with Crippen molar-refractivity contribution in [1.29, 1.82) is 0 Å². The second-order valence-corrected chi connectivity index (χ2v) is 6.81. The summed E-state index contributed by atoms with van der Waals surface area (Å²) in [7, 11) is 0. The number of fused-ring (bicyclic) bond motifs is 1. The van der Waals surface area contributed by atoms with Gasteiger partial charge < -0.3 is 4.74 Å². The molecule has 1 saturated carbocycles. The minimum atomic E-state index is 0.0134. The lowest BCUT2D eigenvalue weighted by Crippen LogP contribution is -2.38. The van der Waals surface area contributed by atoms with Crippen LogP contribution in [0.2, 0.25) is 0 Å². The van der Waals surface area contributed by atoms with E-state index in [9.17, 15) is 4.79 Å². The molecule has 0 amide bonds. The summed E-state index contributed by atoms with van der Waals surface area (Å²) in [4.78, 5) is 15.2. The Labute approximate surface area is 135 Å². The molecule has 23 heavy (non-hydrogen) atoms. The molecule has 0 unspecified atom stereocenters. The molecule has 2 aliphatic rings. The molecule has 0 spiro atoms. The van der Waals surface area contributed by atoms with Crippen LogP contribution in [0.1, 0.15) is 25.0 Å². The van der Waals surface area contributed by atoms with E-state index in [2.05, 4.69) is 10.00 Å². The highest BCUT2D eigenvalue weighted by atomic mass is 16.5. The van der Waals surface area contributed by atoms with Crippen molar-refractivity contribution in [1.82, 2.24) is 14.7 Å². The Morgan fingerprint density at radius 2 is 2.04 bits per heavy atom. The third kappa shape index (κ3) is 3.03. The summed E-state index contributed by atoms with van der Waals surface area (Å²) in [6.07, 6.45) is 3.59. The molecule has 1 aromatic heterocycles. The maximum absolute atomic E-state index is 12.7. The van der Waals surface area contributed by atoms with Crippen molar-refractivity contribution in [3.05, 3.63) is 40.3 Å². The lowest BCUT2D eigenvalue weighted by atomic mass is 10.1. The van der Waals surface area contributed by atoms with Gasteiger partial charge in [0.2, 0.25) is 0 Å². The number of rotatable bonds is 5. The average Bonchev–Trinajstić information content (AvgIpc) is 3.29. The molecule has 2 aromatic rings. The van der Waals surface area contributed by atoms with Gasteiger partial charge in [0, 0.05) is 24.6 Å². The van der Waals surface area contributed by atoms with Gasteiger partial charge in [-0.25, -0.2) is 4.68 Å². The maximum Gasteiger partial charge on any atom is 0.275 e. The SMILES string of the molecule is Cc1nn(CN(C[C@@H]2CCOC2)C2CC2)c(=O)c2ccccc12. The Balaban J connectivity index is 1.62. The maximum atomic E-state index is 12.7. The van der Waals surface area contributed by atoms with Crippen LogP contribution in [0.25, 0.3) is 10.8 Å². The van der Waals surface area contributed by atoms with Gasteiger partial charge in [-0.05, 0) is 38.2 Å². The van der Waals surface area contributed by atoms with Crippen LogP contribution in [0.15, 0.2) is 29.1 Å². The van der Waals surface area contributed by atoms with Crippen LogP contribution in [0.3, 0.4) is 0 Å². The number of nitrogens with zero attached hydrogens (tertiary/aromatic N) is 3. The fourth-order valence-electron chi connectivity index (χ4n) is 3.49. The van der Waals surface area contributed by atoms with Gasteiger partial charge >= 0.3 is 0 Å². The molecule has 0 radical (unpaired) electrons. The number of aryl methyl sites for hydroxylation is 1. The molecular formula is C18H23N3O2. The van der Waals surface area contributed by atoms with Crippen LogP contribution in [0.4, 0.5) is 0 Å². The van der Waals surface area contributed by atoms with Crippen molar-refractivity contribution < 1.29 is 4.74 Å². The lowest BCUT2D eigenvalue weighted by Gasteiger charge is -2.25. The van der Waals surface area contributed by atoms with Crippen LogP contribution in [-0.4, -0.2) is 40.5 Å². The number of hydrogen-bond acceptors (Lipinski definition) is 4. The third-order valence-electron chi connectivity index (χ3n) is 4.95. The van der Waals surface area contributed by atoms with Gasteiger partial charge in [0.25, 0.3) is 5.56 Å². The van der Waals surface area contributed by atoms with Crippen LogP contribution in [0, 0.1) is 12.8 Å². The van der Waals surface area contributed by atoms with E-state index in [1.807, 2.05) is 31.2 Å². The predicted octanol–water partition coefficient (Wildman–Crippen LogP) is 2.16. The molecule has 5 nitrogen and oxygen atoms in total. The van der Waals surface area contributed by atoms with E-state index in [4.69, 9.17) is 4.74 Å². The van der Waals surface area contributed by atoms with Gasteiger partial charge in [0.05, 0.1) is 24.4 Å². The first-order valence-electron chi connectivity index (χ1n) is 8.50. The molecular weight excluding hydrogens is 290 g/mol. The highest BCUT2D eigenvalue weighted by Crippen LogP contribution is 2.29. The van der Waals surface area contributed by atoms with Gasteiger partial charge in [-0.3, -0.25) is 9.69 Å². The quantitative estimate of drug-likeness (QED) is 0.849. The highest BCUT2D eigenvalue weighted by molar-refractivity contribution is 5.83. The zero-order valence-corrected chi connectivity index (χ0v) is 13.6. The molecule has 1 aromatic carbocycles. The van der Waals surface area contributed by atoms with Crippen molar-refractivity contribution in [2.45, 2.75) is 38.9 Å². The first-order chi connectivity index (χ1) is 11.2. The van der Waals surface area contributed by atoms with Crippen molar-refractivity contribution in [3.8, 4) is 0 Å². The number of aromatic nitrogens is 2. The van der Waals surface area contributed by atoms with E-state index < -0.39 is 0 Å². The molecule has 4 rings (SSSR count). The monoisotopic (exact) mass is 313 g/mol. The van der Waals surface area contributed by atoms with Crippen LogP contribution in [-0.2, 0) is 11.4 Å². The lowest BCUT2D eigenvalue weighted by molar-refractivity contribution is 0.140. The Kier molecular flexibility index (Phi) is 3.91. The van der Waals surface area contributed by atoms with Crippen molar-refractivity contribution >= 4 is 10.8 Å². The molecule has 2 fully saturated rings. The van der Waals surface area contributed by atoms with Gasteiger partial charge in [-0.15, -0.1) is 0 Å². The molecule has 1 atom stereocenters. The summed E-state index contributed by atoms with van der Waals surface area (Å²) in [6.45, 7) is 5.29. The number of hydrogen-bond donors (Lipinski definition) is 0. The molecule has 1 saturated heterocycles. The fraction of sp³-hybridized carbons (Fsp3) is 0.556. The Morgan fingerprint density at radius 3 is 2.74 bits per heavy atom. The summed E-state index contributed by atoms with van der Waals surface area (Å²) in [6, 6.07) is 8.35. The molecule has 0 N–H and O–H groups in total. The molecule has 1 aliphatic heterocycles. The van der Waals surface area contributed by atoms with Crippen LogP contribution >= 0.6 is 0 Å². The first kappa shape index (κ1) is 14.8. The van der Waals surface area contributed by atoms with E-state index >= 15 is 0 Å². The topological polar surface area (TPSA) is 47.4 Å². The van der Waals surface area contributed by atoms with Gasteiger partial charge in [0.1, 0.15) is 0 Å². The summed E-state index contributed by atoms with van der Waals surface area (Å²) >= 11 is 0. The zero-order chi connectivity index (χ0) is 15.8. The average molecular weight is 313 g/mol. The molecule has 0 bridgehead atoms. The highest BCUT2D eigenvalue weighted by Gasteiger charge is 2.32. The summed E-state index contributed by atoms with van der Waals surface area (Å²) in [5.41, 5.74) is 0.930. The second-order valence-electron chi connectivity index (χ2n) is 6.81. The molecule has 5 heteroatoms. The van der Waals surface area contributed by atoms with E-state index in [1.165, 1.54) is 12.8 Å². The number of ether oxygens (including phenoxy) is 1.